The first-order valence-corrected chi connectivity index (χ1v) is 11.7. The Labute approximate surface area is 203 Å². The predicted molar refractivity (Wildman–Crippen MR) is 126 cm³/mol. The van der Waals surface area contributed by atoms with Crippen LogP contribution in [0.1, 0.15) is 27.7 Å². The number of carbonyl (C=O) groups is 3. The summed E-state index contributed by atoms with van der Waals surface area (Å²) in [6.07, 6.45) is 0.671. The van der Waals surface area contributed by atoms with Gasteiger partial charge in [0.05, 0.1) is 24.5 Å². The van der Waals surface area contributed by atoms with E-state index in [1.165, 1.54) is 17.9 Å². The minimum Gasteiger partial charge on any atom is -0.457 e. The molecule has 1 aromatic carbocycles. The SMILES string of the molecule is CC(=O)NC[C@H]1CN(c2ccc(N3C[C@@H]4C(/C=N/OCC(=O)OC(C)(C)C)[C@@H]4C3)c(F)c2)C(=O)O1. The van der Waals surface area contributed by atoms with Crippen molar-refractivity contribution in [3.8, 4) is 0 Å². The van der Waals surface area contributed by atoms with Gasteiger partial charge in [-0.3, -0.25) is 9.69 Å². The monoisotopic (exact) mass is 490 g/mol. The molecular weight excluding hydrogens is 459 g/mol. The number of hydrogen-bond acceptors (Lipinski definition) is 8. The van der Waals surface area contributed by atoms with Crippen LogP contribution in [0.2, 0.25) is 0 Å². The third-order valence-electron chi connectivity index (χ3n) is 6.21. The Balaban J connectivity index is 1.25. The molecule has 4 atom stereocenters. The molecule has 3 aliphatic rings. The maximum Gasteiger partial charge on any atom is 0.414 e. The second-order valence-corrected chi connectivity index (χ2v) is 10.1. The lowest BCUT2D eigenvalue weighted by Gasteiger charge is -2.23. The fraction of sp³-hybridized carbons (Fsp3) is 0.583. The molecule has 1 unspecified atom stereocenters. The molecule has 190 valence electrons. The summed E-state index contributed by atoms with van der Waals surface area (Å²) < 4.78 is 25.3. The van der Waals surface area contributed by atoms with Gasteiger partial charge in [0.1, 0.15) is 17.5 Å². The normalized spacial score (nSPS) is 25.5. The Hall–Kier alpha value is -3.37. The molecular formula is C24H31FN4O6. The zero-order valence-electron chi connectivity index (χ0n) is 20.3. The minimum atomic E-state index is -0.567. The van der Waals surface area contributed by atoms with E-state index in [9.17, 15) is 18.8 Å². The van der Waals surface area contributed by atoms with Crippen molar-refractivity contribution >= 4 is 35.6 Å². The lowest BCUT2D eigenvalue weighted by atomic mass is 10.2. The van der Waals surface area contributed by atoms with Gasteiger partial charge < -0.3 is 24.5 Å². The molecule has 1 aromatic rings. The van der Waals surface area contributed by atoms with Crippen molar-refractivity contribution in [2.75, 3.05) is 42.6 Å². The highest BCUT2D eigenvalue weighted by molar-refractivity contribution is 5.90. The van der Waals surface area contributed by atoms with Crippen LogP contribution in [0.25, 0.3) is 0 Å². The number of oxime groups is 1. The van der Waals surface area contributed by atoms with E-state index in [1.807, 2.05) is 4.90 Å². The Morgan fingerprint density at radius 1 is 1.26 bits per heavy atom. The molecule has 0 bridgehead atoms. The summed E-state index contributed by atoms with van der Waals surface area (Å²) >= 11 is 0. The van der Waals surface area contributed by atoms with Gasteiger partial charge in [-0.2, -0.15) is 0 Å². The first-order valence-electron chi connectivity index (χ1n) is 11.7. The molecule has 0 spiro atoms. The van der Waals surface area contributed by atoms with Crippen LogP contribution in [0.4, 0.5) is 20.6 Å². The molecule has 1 aliphatic carbocycles. The number of hydrogen-bond donors (Lipinski definition) is 1. The molecule has 10 nitrogen and oxygen atoms in total. The van der Waals surface area contributed by atoms with E-state index in [1.54, 1.807) is 39.1 Å². The average molecular weight is 491 g/mol. The van der Waals surface area contributed by atoms with Crippen molar-refractivity contribution in [3.63, 3.8) is 0 Å². The number of esters is 1. The van der Waals surface area contributed by atoms with Gasteiger partial charge in [-0.25, -0.2) is 14.0 Å². The van der Waals surface area contributed by atoms with Gasteiger partial charge in [-0.15, -0.1) is 0 Å². The van der Waals surface area contributed by atoms with Crippen LogP contribution >= 0.6 is 0 Å². The van der Waals surface area contributed by atoms with Crippen molar-refractivity contribution in [1.29, 1.82) is 0 Å². The maximum absolute atomic E-state index is 14.9. The summed E-state index contributed by atoms with van der Waals surface area (Å²) in [7, 11) is 0. The fourth-order valence-corrected chi connectivity index (χ4v) is 4.58. The number of anilines is 2. The molecule has 4 rings (SSSR count). The van der Waals surface area contributed by atoms with Crippen LogP contribution in [-0.2, 0) is 23.9 Å². The zero-order valence-corrected chi connectivity index (χ0v) is 20.3. The molecule has 11 heteroatoms. The maximum atomic E-state index is 14.9. The van der Waals surface area contributed by atoms with Gasteiger partial charge in [-0.1, -0.05) is 5.16 Å². The van der Waals surface area contributed by atoms with Gasteiger partial charge in [0.25, 0.3) is 0 Å². The molecule has 35 heavy (non-hydrogen) atoms. The molecule has 2 aliphatic heterocycles. The van der Waals surface area contributed by atoms with Crippen molar-refractivity contribution < 1.29 is 33.1 Å². The van der Waals surface area contributed by atoms with Gasteiger partial charge in [0.2, 0.25) is 12.5 Å². The van der Waals surface area contributed by atoms with E-state index in [0.717, 1.165) is 0 Å². The second kappa shape index (κ2) is 9.71. The Morgan fingerprint density at radius 3 is 2.60 bits per heavy atom. The summed E-state index contributed by atoms with van der Waals surface area (Å²) in [6.45, 7) is 8.34. The third kappa shape index (κ3) is 6.01. The molecule has 1 saturated carbocycles. The molecule has 0 aromatic heterocycles. The van der Waals surface area contributed by atoms with Crippen molar-refractivity contribution in [2.24, 2.45) is 22.9 Å². The minimum absolute atomic E-state index is 0.208. The molecule has 0 radical (unpaired) electrons. The van der Waals surface area contributed by atoms with E-state index in [4.69, 9.17) is 14.3 Å². The number of fused-ring (bicyclic) bond motifs is 1. The fourth-order valence-electron chi connectivity index (χ4n) is 4.58. The number of rotatable bonds is 8. The zero-order chi connectivity index (χ0) is 25.3. The largest absolute Gasteiger partial charge is 0.457 e. The number of nitrogens with zero attached hydrogens (tertiary/aromatic N) is 3. The van der Waals surface area contributed by atoms with Crippen LogP contribution in [0, 0.1) is 23.6 Å². The highest BCUT2D eigenvalue weighted by Crippen LogP contribution is 2.51. The summed E-state index contributed by atoms with van der Waals surface area (Å²) in [5, 5.41) is 6.52. The first kappa shape index (κ1) is 24.7. The lowest BCUT2D eigenvalue weighted by Crippen LogP contribution is -2.33. The second-order valence-electron chi connectivity index (χ2n) is 10.1. The van der Waals surface area contributed by atoms with Gasteiger partial charge >= 0.3 is 12.1 Å². The van der Waals surface area contributed by atoms with Crippen LogP contribution in [0.3, 0.4) is 0 Å². The van der Waals surface area contributed by atoms with Crippen LogP contribution < -0.4 is 15.1 Å². The van der Waals surface area contributed by atoms with E-state index >= 15 is 0 Å². The summed E-state index contributed by atoms with van der Waals surface area (Å²) in [4.78, 5) is 43.3. The molecule has 1 N–H and O–H groups in total. The van der Waals surface area contributed by atoms with Crippen molar-refractivity contribution in [2.45, 2.75) is 39.4 Å². The quantitative estimate of drug-likeness (QED) is 0.338. The Bertz CT molecular complexity index is 1010. The number of piperidine rings is 1. The average Bonchev–Trinajstić information content (AvgIpc) is 3.08. The molecule has 2 amide bonds. The summed E-state index contributed by atoms with van der Waals surface area (Å²) in [5.41, 5.74) is 0.334. The number of benzene rings is 1. The van der Waals surface area contributed by atoms with Crippen LogP contribution in [-0.4, -0.2) is 68.7 Å². The number of cyclic esters (lactones) is 1. The van der Waals surface area contributed by atoms with E-state index < -0.39 is 29.6 Å². The Kier molecular flexibility index (Phi) is 6.86. The van der Waals surface area contributed by atoms with E-state index in [2.05, 4.69) is 10.5 Å². The first-order chi connectivity index (χ1) is 16.5. The molecule has 2 saturated heterocycles. The topological polar surface area (TPSA) is 110 Å². The Morgan fingerprint density at radius 2 is 1.97 bits per heavy atom. The van der Waals surface area contributed by atoms with E-state index in [-0.39, 0.29) is 31.5 Å². The lowest BCUT2D eigenvalue weighted by molar-refractivity contribution is -0.160. The van der Waals surface area contributed by atoms with Crippen LogP contribution in [0.5, 0.6) is 0 Å². The number of carbonyl (C=O) groups excluding carboxylic acids is 3. The third-order valence-corrected chi connectivity index (χ3v) is 6.21. The highest BCUT2D eigenvalue weighted by atomic mass is 19.1. The molecule has 2 heterocycles. The number of amides is 2. The van der Waals surface area contributed by atoms with Crippen molar-refractivity contribution in [3.05, 3.63) is 24.0 Å². The van der Waals surface area contributed by atoms with Gasteiger partial charge in [0.15, 0.2) is 0 Å². The number of nitrogens with one attached hydrogen (secondary N) is 1. The predicted octanol–water partition coefficient (Wildman–Crippen LogP) is 2.31. The summed E-state index contributed by atoms with van der Waals surface area (Å²) in [6, 6.07) is 4.72. The van der Waals surface area contributed by atoms with Crippen LogP contribution in [0.15, 0.2) is 23.4 Å². The smallest absolute Gasteiger partial charge is 0.414 e. The standard InChI is InChI=1S/C24H31FN4O6/c1-14(30)26-8-16-10-29(23(32)34-16)15-5-6-21(20(25)7-15)28-11-18-17(19(18)12-28)9-27-33-13-22(31)35-24(2,3)4/h5-7,9,16-19H,8,10-13H2,1-4H3,(H,26,30)/b27-9+/t16-,17?,18-,19+/m0/s1. The van der Waals surface area contributed by atoms with E-state index in [0.29, 0.717) is 36.3 Å². The number of ether oxygens (including phenoxy) is 2. The van der Waals surface area contributed by atoms with Gasteiger partial charge in [0, 0.05) is 32.1 Å². The van der Waals surface area contributed by atoms with Gasteiger partial charge in [-0.05, 0) is 50.8 Å². The summed E-state index contributed by atoms with van der Waals surface area (Å²) in [5.74, 6) is -0.140. The molecule has 3 fully saturated rings. The van der Waals surface area contributed by atoms with Crippen molar-refractivity contribution in [1.82, 2.24) is 5.32 Å². The number of halogens is 1. The highest BCUT2D eigenvalue weighted by Gasteiger charge is 2.55.